The van der Waals surface area contributed by atoms with Crippen molar-refractivity contribution in [1.82, 2.24) is 14.5 Å². The van der Waals surface area contributed by atoms with Crippen LogP contribution in [0.5, 0.6) is 11.5 Å². The summed E-state index contributed by atoms with van der Waals surface area (Å²) in [6, 6.07) is 16.1. The van der Waals surface area contributed by atoms with Crippen LogP contribution in [0, 0.1) is 0 Å². The predicted octanol–water partition coefficient (Wildman–Crippen LogP) is 8.05. The molecular weight excluding hydrogens is 434 g/mol. The van der Waals surface area contributed by atoms with Crippen molar-refractivity contribution in [2.45, 2.75) is 87.2 Å². The van der Waals surface area contributed by atoms with E-state index in [0.717, 1.165) is 47.7 Å². The summed E-state index contributed by atoms with van der Waals surface area (Å²) in [4.78, 5) is 19.4. The van der Waals surface area contributed by atoms with Gasteiger partial charge in [-0.15, -0.1) is 0 Å². The van der Waals surface area contributed by atoms with E-state index in [0.29, 0.717) is 13.1 Å². The molecule has 2 aliphatic rings. The van der Waals surface area contributed by atoms with Gasteiger partial charge in [0, 0.05) is 19.3 Å². The first kappa shape index (κ1) is 30.0. The molecule has 5 heteroatoms. The van der Waals surface area contributed by atoms with Gasteiger partial charge in [-0.3, -0.25) is 4.79 Å². The number of hydrogen-bond acceptors (Lipinski definition) is 3. The van der Waals surface area contributed by atoms with E-state index in [1.807, 2.05) is 109 Å². The van der Waals surface area contributed by atoms with Crippen molar-refractivity contribution >= 4 is 5.91 Å². The average Bonchev–Trinajstić information content (AvgIpc) is 3.36. The summed E-state index contributed by atoms with van der Waals surface area (Å²) in [6.45, 7) is 18.1. The quantitative estimate of drug-likeness (QED) is 0.328. The summed E-state index contributed by atoms with van der Waals surface area (Å²) in [5.74, 6) is 1.67. The van der Waals surface area contributed by atoms with E-state index < -0.39 is 0 Å². The molecule has 1 amide bonds. The van der Waals surface area contributed by atoms with Crippen molar-refractivity contribution in [3.8, 4) is 11.5 Å². The molecule has 2 aliphatic heterocycles. The largest absolute Gasteiger partial charge is 0.457 e. The van der Waals surface area contributed by atoms with Crippen molar-refractivity contribution in [2.75, 3.05) is 6.54 Å². The van der Waals surface area contributed by atoms with Crippen molar-refractivity contribution in [1.29, 1.82) is 0 Å². The minimum atomic E-state index is -0.104. The van der Waals surface area contributed by atoms with Crippen LogP contribution >= 0.6 is 0 Å². The Bertz CT molecular complexity index is 997. The fourth-order valence-electron chi connectivity index (χ4n) is 4.06. The molecule has 0 N–H and O–H groups in total. The molecule has 192 valence electrons. The molecule has 1 saturated heterocycles. The lowest BCUT2D eigenvalue weighted by molar-refractivity contribution is -0.136. The Morgan fingerprint density at radius 1 is 0.857 bits per heavy atom. The van der Waals surface area contributed by atoms with Crippen LogP contribution in [0.3, 0.4) is 0 Å². The third kappa shape index (κ3) is 7.98. The minimum absolute atomic E-state index is 0.104. The number of nitrogens with zero attached hydrogens (tertiary/aromatic N) is 3. The Hall–Kier alpha value is -3.08. The molecule has 5 nitrogen and oxygen atoms in total. The zero-order chi connectivity index (χ0) is 26.2. The van der Waals surface area contributed by atoms with E-state index in [9.17, 15) is 4.79 Å². The summed E-state index contributed by atoms with van der Waals surface area (Å²) in [5, 5.41) is 0. The molecule has 35 heavy (non-hydrogen) atoms. The normalized spacial score (nSPS) is 15.4. The molecule has 0 radical (unpaired) electrons. The zero-order valence-electron chi connectivity index (χ0n) is 23.0. The van der Waals surface area contributed by atoms with Crippen LogP contribution in [0.15, 0.2) is 61.1 Å². The highest BCUT2D eigenvalue weighted by Crippen LogP contribution is 2.33. The molecular formula is C30H45N3O2. The van der Waals surface area contributed by atoms with Gasteiger partial charge in [0.15, 0.2) is 0 Å². The summed E-state index contributed by atoms with van der Waals surface area (Å²) in [5.41, 5.74) is 3.23. The number of fused-ring (bicyclic) bond motifs is 8. The van der Waals surface area contributed by atoms with Crippen molar-refractivity contribution in [2.24, 2.45) is 0 Å². The van der Waals surface area contributed by atoms with Crippen LogP contribution in [-0.2, 0) is 17.9 Å². The van der Waals surface area contributed by atoms with E-state index in [-0.39, 0.29) is 11.8 Å². The number of amides is 1. The molecule has 3 aromatic rings. The van der Waals surface area contributed by atoms with Gasteiger partial charge < -0.3 is 14.2 Å². The van der Waals surface area contributed by atoms with E-state index in [4.69, 9.17) is 4.74 Å². The molecule has 1 unspecified atom stereocenters. The average molecular weight is 480 g/mol. The van der Waals surface area contributed by atoms with Gasteiger partial charge in [0.2, 0.25) is 5.91 Å². The fourth-order valence-corrected chi connectivity index (χ4v) is 4.06. The summed E-state index contributed by atoms with van der Waals surface area (Å²) in [7, 11) is 0. The second kappa shape index (κ2) is 16.5. The topological polar surface area (TPSA) is 47.4 Å². The van der Waals surface area contributed by atoms with Crippen molar-refractivity contribution in [3.63, 3.8) is 0 Å². The minimum Gasteiger partial charge on any atom is -0.457 e. The molecule has 5 rings (SSSR count). The molecule has 1 fully saturated rings. The number of carbonyl (C=O) groups excluding carboxylic acids is 1. The third-order valence-corrected chi connectivity index (χ3v) is 5.43. The lowest BCUT2D eigenvalue weighted by Crippen LogP contribution is -2.40. The maximum absolute atomic E-state index is 13.2. The highest BCUT2D eigenvalue weighted by atomic mass is 16.5. The highest BCUT2D eigenvalue weighted by molar-refractivity contribution is 5.84. The van der Waals surface area contributed by atoms with Crippen LogP contribution in [-0.4, -0.2) is 26.9 Å². The van der Waals surface area contributed by atoms with Crippen LogP contribution in [0.1, 0.15) is 91.0 Å². The lowest BCUT2D eigenvalue weighted by Gasteiger charge is -2.33. The zero-order valence-corrected chi connectivity index (χ0v) is 23.0. The highest BCUT2D eigenvalue weighted by Gasteiger charge is 2.30. The SMILES string of the molecule is CC.CC.CC.CC.O=C1C2CCCN1Cc1cncn1Cc1cccc(c1)Oc1cccc2c1. The van der Waals surface area contributed by atoms with Crippen LogP contribution < -0.4 is 4.74 Å². The standard InChI is InChI=1S/C22H21N3O2.4C2H6/c26-22-21-8-3-9-24(22)14-18-12-23-15-25(18)13-16-4-1-6-19(10-16)27-20-7-2-5-17(21)11-20;4*1-2/h1-2,4-7,10-12,15,21H,3,8-9,13-14H2;4*1-2H3. The molecule has 0 saturated carbocycles. The van der Waals surface area contributed by atoms with Gasteiger partial charge in [0.05, 0.1) is 24.5 Å². The van der Waals surface area contributed by atoms with Crippen LogP contribution in [0.25, 0.3) is 0 Å². The monoisotopic (exact) mass is 479 g/mol. The number of hydrogen-bond donors (Lipinski definition) is 0. The second-order valence-corrected chi connectivity index (χ2v) is 7.29. The van der Waals surface area contributed by atoms with Crippen molar-refractivity contribution in [3.05, 3.63) is 77.9 Å². The first-order valence-corrected chi connectivity index (χ1v) is 13.4. The first-order valence-electron chi connectivity index (χ1n) is 13.4. The Morgan fingerprint density at radius 3 is 2.23 bits per heavy atom. The maximum atomic E-state index is 13.2. The summed E-state index contributed by atoms with van der Waals surface area (Å²) < 4.78 is 8.21. The van der Waals surface area contributed by atoms with Gasteiger partial charge in [-0.25, -0.2) is 4.98 Å². The predicted molar refractivity (Wildman–Crippen MR) is 147 cm³/mol. The van der Waals surface area contributed by atoms with E-state index >= 15 is 0 Å². The van der Waals surface area contributed by atoms with Crippen LogP contribution in [0.4, 0.5) is 0 Å². The van der Waals surface area contributed by atoms with Crippen molar-refractivity contribution < 1.29 is 9.53 Å². The first-order chi connectivity index (χ1) is 17.3. The second-order valence-electron chi connectivity index (χ2n) is 7.29. The van der Waals surface area contributed by atoms with Gasteiger partial charge in [0.25, 0.3) is 0 Å². The molecule has 6 bridgehead atoms. The van der Waals surface area contributed by atoms with Gasteiger partial charge in [-0.05, 0) is 48.2 Å². The summed E-state index contributed by atoms with van der Waals surface area (Å²) >= 11 is 0. The number of benzene rings is 2. The Morgan fingerprint density at radius 2 is 1.51 bits per heavy atom. The molecule has 3 heterocycles. The smallest absolute Gasteiger partial charge is 0.230 e. The van der Waals surface area contributed by atoms with Crippen LogP contribution in [0.2, 0.25) is 0 Å². The Kier molecular flexibility index (Phi) is 14.1. The van der Waals surface area contributed by atoms with Gasteiger partial charge >= 0.3 is 0 Å². The number of aromatic nitrogens is 2. The number of carbonyl (C=O) groups is 1. The van der Waals surface area contributed by atoms with Gasteiger partial charge in [-0.1, -0.05) is 79.7 Å². The van der Waals surface area contributed by atoms with Gasteiger partial charge in [0.1, 0.15) is 11.5 Å². The van der Waals surface area contributed by atoms with E-state index in [2.05, 4.69) is 21.7 Å². The number of ether oxygens (including phenoxy) is 1. The maximum Gasteiger partial charge on any atom is 0.230 e. The summed E-state index contributed by atoms with van der Waals surface area (Å²) in [6.07, 6.45) is 5.59. The van der Waals surface area contributed by atoms with Gasteiger partial charge in [-0.2, -0.15) is 0 Å². The molecule has 2 aromatic carbocycles. The van der Waals surface area contributed by atoms with E-state index in [1.54, 1.807) is 0 Å². The molecule has 1 aromatic heterocycles. The number of imidazole rings is 1. The van der Waals surface area contributed by atoms with E-state index in [1.165, 1.54) is 0 Å². The molecule has 1 atom stereocenters. The molecule has 0 spiro atoms. The number of rotatable bonds is 0. The molecule has 0 aliphatic carbocycles. The fraction of sp³-hybridized carbons (Fsp3) is 0.467. The number of piperidine rings is 1. The third-order valence-electron chi connectivity index (χ3n) is 5.43. The Balaban J connectivity index is 0.000000699. The lowest BCUT2D eigenvalue weighted by atomic mass is 9.89. The Labute approximate surface area is 213 Å².